The van der Waals surface area contributed by atoms with Crippen LogP contribution in [0.2, 0.25) is 0 Å². The first-order valence-electron chi connectivity index (χ1n) is 7.93. The molecule has 0 aliphatic carbocycles. The van der Waals surface area contributed by atoms with Crippen LogP contribution in [0.15, 0.2) is 23.1 Å². The van der Waals surface area contributed by atoms with E-state index >= 15 is 0 Å². The summed E-state index contributed by atoms with van der Waals surface area (Å²) in [6.07, 6.45) is 1.68. The highest BCUT2D eigenvalue weighted by atomic mass is 32.2. The van der Waals surface area contributed by atoms with E-state index in [0.717, 1.165) is 12.8 Å². The lowest BCUT2D eigenvalue weighted by atomic mass is 10.2. The van der Waals surface area contributed by atoms with Crippen molar-refractivity contribution >= 4 is 15.9 Å². The molecule has 0 spiro atoms. The summed E-state index contributed by atoms with van der Waals surface area (Å²) in [6.45, 7) is 4.54. The molecule has 24 heavy (non-hydrogen) atoms. The van der Waals surface area contributed by atoms with E-state index in [1.54, 1.807) is 0 Å². The molecule has 0 bridgehead atoms. The molecular formula is C16H24N2O5S. The van der Waals surface area contributed by atoms with E-state index in [9.17, 15) is 13.2 Å². The first kappa shape index (κ1) is 18.7. The molecule has 2 N–H and O–H groups in total. The summed E-state index contributed by atoms with van der Waals surface area (Å²) in [4.78, 5) is 12.3. The monoisotopic (exact) mass is 356 g/mol. The Bertz CT molecular complexity index is 682. The first-order valence-corrected chi connectivity index (χ1v) is 9.42. The zero-order valence-electron chi connectivity index (χ0n) is 14.2. The van der Waals surface area contributed by atoms with Crippen LogP contribution in [0.3, 0.4) is 0 Å². The highest BCUT2D eigenvalue weighted by molar-refractivity contribution is 7.89. The molecule has 134 valence electrons. The highest BCUT2D eigenvalue weighted by Gasteiger charge is 2.22. The van der Waals surface area contributed by atoms with Gasteiger partial charge in [0, 0.05) is 19.2 Å². The largest absolute Gasteiger partial charge is 0.496 e. The second kappa shape index (κ2) is 7.96. The molecule has 0 saturated carbocycles. The molecule has 1 amide bonds. The Morgan fingerprint density at radius 2 is 2.17 bits per heavy atom. The Morgan fingerprint density at radius 3 is 2.75 bits per heavy atom. The zero-order valence-corrected chi connectivity index (χ0v) is 15.0. The van der Waals surface area contributed by atoms with Gasteiger partial charge in [0.2, 0.25) is 10.0 Å². The molecule has 1 saturated heterocycles. The minimum Gasteiger partial charge on any atom is -0.496 e. The van der Waals surface area contributed by atoms with Crippen molar-refractivity contribution in [2.75, 3.05) is 20.3 Å². The lowest BCUT2D eigenvalue weighted by Gasteiger charge is -2.14. The lowest BCUT2D eigenvalue weighted by molar-refractivity contribution is 0.0939. The summed E-state index contributed by atoms with van der Waals surface area (Å²) in [5, 5.41) is 2.74. The molecule has 8 heteroatoms. The van der Waals surface area contributed by atoms with E-state index < -0.39 is 10.0 Å². The van der Waals surface area contributed by atoms with Crippen LogP contribution in [-0.4, -0.2) is 46.7 Å². The molecule has 1 atom stereocenters. The van der Waals surface area contributed by atoms with Gasteiger partial charge in [-0.3, -0.25) is 4.79 Å². The van der Waals surface area contributed by atoms with Gasteiger partial charge in [-0.15, -0.1) is 0 Å². The molecule has 1 aliphatic heterocycles. The third-order valence-corrected chi connectivity index (χ3v) is 5.09. The fraction of sp³-hybridized carbons (Fsp3) is 0.562. The van der Waals surface area contributed by atoms with Crippen molar-refractivity contribution in [2.24, 2.45) is 0 Å². The van der Waals surface area contributed by atoms with Crippen LogP contribution in [0.1, 0.15) is 37.0 Å². The number of benzene rings is 1. The van der Waals surface area contributed by atoms with E-state index in [-0.39, 0.29) is 35.1 Å². The number of ether oxygens (including phenoxy) is 2. The van der Waals surface area contributed by atoms with Gasteiger partial charge in [-0.1, -0.05) is 0 Å². The number of amides is 1. The molecule has 0 radical (unpaired) electrons. The van der Waals surface area contributed by atoms with Crippen molar-refractivity contribution in [2.45, 2.75) is 43.7 Å². The lowest BCUT2D eigenvalue weighted by Crippen LogP contribution is -2.33. The minimum atomic E-state index is -3.72. The third-order valence-electron chi connectivity index (χ3n) is 3.67. The molecule has 0 unspecified atom stereocenters. The summed E-state index contributed by atoms with van der Waals surface area (Å²) >= 11 is 0. The number of rotatable bonds is 7. The molecule has 1 aromatic carbocycles. The SMILES string of the molecule is COc1ccc(S(=O)(=O)NC[C@@H]2CCCO2)cc1C(=O)NC(C)C. The van der Waals surface area contributed by atoms with Gasteiger partial charge in [0.1, 0.15) is 5.75 Å². The maximum Gasteiger partial charge on any atom is 0.255 e. The summed E-state index contributed by atoms with van der Waals surface area (Å²) in [6, 6.07) is 4.16. The molecule has 7 nitrogen and oxygen atoms in total. The number of methoxy groups -OCH3 is 1. The standard InChI is InChI=1S/C16H24N2O5S/c1-11(2)18-16(19)14-9-13(6-7-15(14)22-3)24(20,21)17-10-12-5-4-8-23-12/h6-7,9,11-12,17H,4-5,8,10H2,1-3H3,(H,18,19)/t12-/m0/s1. The number of sulfonamides is 1. The van der Waals surface area contributed by atoms with Gasteiger partial charge >= 0.3 is 0 Å². The van der Waals surface area contributed by atoms with Gasteiger partial charge in [0.25, 0.3) is 5.91 Å². The van der Waals surface area contributed by atoms with E-state index in [1.807, 2.05) is 13.8 Å². The van der Waals surface area contributed by atoms with Crippen molar-refractivity contribution in [3.63, 3.8) is 0 Å². The minimum absolute atomic E-state index is 0.0233. The van der Waals surface area contributed by atoms with Crippen LogP contribution in [0.4, 0.5) is 0 Å². The molecule has 0 aromatic heterocycles. The Balaban J connectivity index is 2.20. The third kappa shape index (κ3) is 4.68. The Hall–Kier alpha value is -1.64. The summed E-state index contributed by atoms with van der Waals surface area (Å²) < 4.78 is 38.0. The smallest absolute Gasteiger partial charge is 0.255 e. The Morgan fingerprint density at radius 1 is 1.42 bits per heavy atom. The van der Waals surface area contributed by atoms with Gasteiger partial charge in [-0.25, -0.2) is 13.1 Å². The fourth-order valence-corrected chi connectivity index (χ4v) is 3.56. The number of hydrogen-bond donors (Lipinski definition) is 2. The van der Waals surface area contributed by atoms with Crippen molar-refractivity contribution < 1.29 is 22.7 Å². The van der Waals surface area contributed by atoms with Crippen LogP contribution in [-0.2, 0) is 14.8 Å². The van der Waals surface area contributed by atoms with Crippen LogP contribution in [0, 0.1) is 0 Å². The average Bonchev–Trinajstić information content (AvgIpc) is 3.05. The predicted octanol–water partition coefficient (Wildman–Crippen LogP) is 1.29. The number of hydrogen-bond acceptors (Lipinski definition) is 5. The molecule has 1 heterocycles. The van der Waals surface area contributed by atoms with Crippen LogP contribution in [0.5, 0.6) is 5.75 Å². The maximum atomic E-state index is 12.4. The second-order valence-electron chi connectivity index (χ2n) is 5.98. The summed E-state index contributed by atoms with van der Waals surface area (Å²) in [5.41, 5.74) is 0.186. The normalized spacial score (nSPS) is 17.9. The van der Waals surface area contributed by atoms with Crippen LogP contribution in [0.25, 0.3) is 0 Å². The van der Waals surface area contributed by atoms with Gasteiger partial charge in [0.05, 0.1) is 23.7 Å². The van der Waals surface area contributed by atoms with E-state index in [2.05, 4.69) is 10.0 Å². The van der Waals surface area contributed by atoms with Gasteiger partial charge in [0.15, 0.2) is 0 Å². The zero-order chi connectivity index (χ0) is 17.7. The topological polar surface area (TPSA) is 93.7 Å². The Kier molecular flexibility index (Phi) is 6.20. The van der Waals surface area contributed by atoms with Gasteiger partial charge < -0.3 is 14.8 Å². The number of carbonyl (C=O) groups excluding carboxylic acids is 1. The molecule has 1 aliphatic rings. The first-order chi connectivity index (χ1) is 11.3. The second-order valence-corrected chi connectivity index (χ2v) is 7.74. The van der Waals surface area contributed by atoms with Crippen molar-refractivity contribution in [1.82, 2.24) is 10.0 Å². The van der Waals surface area contributed by atoms with E-state index in [1.165, 1.54) is 25.3 Å². The quantitative estimate of drug-likeness (QED) is 0.768. The molecular weight excluding hydrogens is 332 g/mol. The predicted molar refractivity (Wildman–Crippen MR) is 89.8 cm³/mol. The van der Waals surface area contributed by atoms with Crippen molar-refractivity contribution in [3.8, 4) is 5.75 Å². The fourth-order valence-electron chi connectivity index (χ4n) is 2.46. The number of carbonyl (C=O) groups is 1. The maximum absolute atomic E-state index is 12.4. The Labute approximate surface area is 142 Å². The van der Waals surface area contributed by atoms with Crippen LogP contribution < -0.4 is 14.8 Å². The number of nitrogens with one attached hydrogen (secondary N) is 2. The van der Waals surface area contributed by atoms with Gasteiger partial charge in [-0.05, 0) is 44.9 Å². The highest BCUT2D eigenvalue weighted by Crippen LogP contribution is 2.23. The van der Waals surface area contributed by atoms with Crippen molar-refractivity contribution in [3.05, 3.63) is 23.8 Å². The molecule has 1 aromatic rings. The molecule has 1 fully saturated rings. The average molecular weight is 356 g/mol. The van der Waals surface area contributed by atoms with E-state index in [0.29, 0.717) is 12.4 Å². The van der Waals surface area contributed by atoms with Gasteiger partial charge in [-0.2, -0.15) is 0 Å². The summed E-state index contributed by atoms with van der Waals surface area (Å²) in [5.74, 6) is -0.0516. The molecule has 2 rings (SSSR count). The summed E-state index contributed by atoms with van der Waals surface area (Å²) in [7, 11) is -2.29. The van der Waals surface area contributed by atoms with Crippen LogP contribution >= 0.6 is 0 Å². The van der Waals surface area contributed by atoms with E-state index in [4.69, 9.17) is 9.47 Å². The van der Waals surface area contributed by atoms with Crippen molar-refractivity contribution in [1.29, 1.82) is 0 Å².